The minimum atomic E-state index is -3.74. The van der Waals surface area contributed by atoms with Crippen LogP contribution in [0.25, 0.3) is 0 Å². The highest BCUT2D eigenvalue weighted by Crippen LogP contribution is 2.46. The summed E-state index contributed by atoms with van der Waals surface area (Å²) in [5.41, 5.74) is 2.19. The van der Waals surface area contributed by atoms with Crippen LogP contribution in [0.1, 0.15) is 24.8 Å². The zero-order valence-corrected chi connectivity index (χ0v) is 15.8. The number of rotatable bonds is 2. The number of halogens is 1. The van der Waals surface area contributed by atoms with Crippen LogP contribution in [0, 0.1) is 11.7 Å². The first-order valence-electron chi connectivity index (χ1n) is 8.98. The summed E-state index contributed by atoms with van der Waals surface area (Å²) in [5.74, 6) is 0.238. The molecule has 0 radical (unpaired) electrons. The van der Waals surface area contributed by atoms with Gasteiger partial charge in [0, 0.05) is 24.7 Å². The van der Waals surface area contributed by atoms with Gasteiger partial charge in [-0.2, -0.15) is 0 Å². The summed E-state index contributed by atoms with van der Waals surface area (Å²) >= 11 is 0. The Morgan fingerprint density at radius 2 is 1.92 bits per heavy atom. The van der Waals surface area contributed by atoms with Gasteiger partial charge in [0.15, 0.2) is 0 Å². The molecule has 1 N–H and O–H groups in total. The summed E-state index contributed by atoms with van der Waals surface area (Å²) in [7, 11) is -1.65. The molecule has 138 valence electrons. The molecule has 0 aliphatic carbocycles. The molecule has 0 spiro atoms. The zero-order valence-electron chi connectivity index (χ0n) is 14.9. The lowest BCUT2D eigenvalue weighted by Gasteiger charge is -2.30. The van der Waals surface area contributed by atoms with Gasteiger partial charge in [0.2, 0.25) is 9.84 Å². The highest BCUT2D eigenvalue weighted by Gasteiger charge is 2.41. The number of hydrogen-bond acceptors (Lipinski definition) is 4. The van der Waals surface area contributed by atoms with E-state index in [1.165, 1.54) is 18.2 Å². The molecule has 1 unspecified atom stereocenters. The van der Waals surface area contributed by atoms with Gasteiger partial charge >= 0.3 is 0 Å². The van der Waals surface area contributed by atoms with Crippen molar-refractivity contribution in [1.29, 1.82) is 0 Å². The van der Waals surface area contributed by atoms with E-state index in [9.17, 15) is 12.8 Å². The van der Waals surface area contributed by atoms with E-state index in [0.717, 1.165) is 36.8 Å². The molecule has 1 saturated heterocycles. The highest BCUT2D eigenvalue weighted by atomic mass is 32.2. The van der Waals surface area contributed by atoms with E-state index in [2.05, 4.69) is 24.2 Å². The maximum atomic E-state index is 13.5. The van der Waals surface area contributed by atoms with E-state index in [1.807, 2.05) is 6.07 Å². The number of anilines is 1. The molecule has 4 nitrogen and oxygen atoms in total. The standard InChI is InChI=1S/C20H23FN2O2S/c1-13-12-22-9-8-17-18-11-16(6-7-19(18)23(2)20(13)17)26(24,25)15-5-3-4-14(21)10-15/h3-7,10-11,13,17,20,22H,8-9,12H2,1-2H3/t13?,17-,20-/m0/s1. The zero-order chi connectivity index (χ0) is 18.5. The number of fused-ring (bicyclic) bond motifs is 3. The predicted molar refractivity (Wildman–Crippen MR) is 99.9 cm³/mol. The molecule has 4 rings (SSSR count). The number of likely N-dealkylation sites (N-methyl/N-ethyl adjacent to an activating group) is 1. The lowest BCUT2D eigenvalue weighted by Crippen LogP contribution is -2.38. The Morgan fingerprint density at radius 3 is 2.69 bits per heavy atom. The lowest BCUT2D eigenvalue weighted by molar-refractivity contribution is 0.417. The molecule has 2 heterocycles. The van der Waals surface area contributed by atoms with Gasteiger partial charge < -0.3 is 10.2 Å². The highest BCUT2D eigenvalue weighted by molar-refractivity contribution is 7.91. The summed E-state index contributed by atoms with van der Waals surface area (Å²) in [6.45, 7) is 4.14. The van der Waals surface area contributed by atoms with E-state index < -0.39 is 15.7 Å². The van der Waals surface area contributed by atoms with E-state index in [1.54, 1.807) is 12.1 Å². The molecule has 2 aliphatic heterocycles. The van der Waals surface area contributed by atoms with Gasteiger partial charge in [0.1, 0.15) is 5.82 Å². The van der Waals surface area contributed by atoms with Crippen molar-refractivity contribution in [3.63, 3.8) is 0 Å². The molecule has 3 atom stereocenters. The number of sulfone groups is 1. The van der Waals surface area contributed by atoms with Crippen LogP contribution in [0.4, 0.5) is 10.1 Å². The van der Waals surface area contributed by atoms with Crippen molar-refractivity contribution in [1.82, 2.24) is 5.32 Å². The summed E-state index contributed by atoms with van der Waals surface area (Å²) < 4.78 is 39.4. The predicted octanol–water partition coefficient (Wildman–Crippen LogP) is 3.19. The van der Waals surface area contributed by atoms with Gasteiger partial charge in [-0.3, -0.25) is 0 Å². The van der Waals surface area contributed by atoms with E-state index in [0.29, 0.717) is 17.9 Å². The lowest BCUT2D eigenvalue weighted by atomic mass is 9.86. The van der Waals surface area contributed by atoms with Gasteiger partial charge in [0.25, 0.3) is 0 Å². The molecule has 6 heteroatoms. The number of benzene rings is 2. The molecular formula is C20H23FN2O2S. The van der Waals surface area contributed by atoms with Crippen LogP contribution < -0.4 is 10.2 Å². The second-order valence-corrected chi connectivity index (χ2v) is 9.31. The van der Waals surface area contributed by atoms with Crippen LogP contribution in [0.15, 0.2) is 52.3 Å². The Kier molecular flexibility index (Phi) is 4.28. The van der Waals surface area contributed by atoms with Gasteiger partial charge in [-0.25, -0.2) is 12.8 Å². The van der Waals surface area contributed by atoms with Crippen LogP contribution >= 0.6 is 0 Å². The number of nitrogens with zero attached hydrogens (tertiary/aromatic N) is 1. The quantitative estimate of drug-likeness (QED) is 0.877. The van der Waals surface area contributed by atoms with Crippen LogP contribution in [-0.2, 0) is 9.84 Å². The van der Waals surface area contributed by atoms with Gasteiger partial charge in [-0.1, -0.05) is 13.0 Å². The third-order valence-electron chi connectivity index (χ3n) is 5.74. The van der Waals surface area contributed by atoms with Crippen molar-refractivity contribution in [2.45, 2.75) is 35.1 Å². The van der Waals surface area contributed by atoms with Crippen molar-refractivity contribution in [2.24, 2.45) is 5.92 Å². The average molecular weight is 374 g/mol. The topological polar surface area (TPSA) is 49.4 Å². The minimum Gasteiger partial charge on any atom is -0.370 e. The Bertz CT molecular complexity index is 945. The van der Waals surface area contributed by atoms with Gasteiger partial charge in [-0.15, -0.1) is 0 Å². The third kappa shape index (κ3) is 2.72. The van der Waals surface area contributed by atoms with Crippen LogP contribution in [0.3, 0.4) is 0 Å². The Balaban J connectivity index is 1.79. The summed E-state index contributed by atoms with van der Waals surface area (Å²) in [4.78, 5) is 2.52. The van der Waals surface area contributed by atoms with Crippen molar-refractivity contribution < 1.29 is 12.8 Å². The molecule has 2 aromatic rings. The van der Waals surface area contributed by atoms with E-state index in [4.69, 9.17) is 0 Å². The molecule has 0 amide bonds. The van der Waals surface area contributed by atoms with Gasteiger partial charge in [0.05, 0.1) is 9.79 Å². The molecule has 1 fully saturated rings. The van der Waals surface area contributed by atoms with Gasteiger partial charge in [-0.05, 0) is 67.4 Å². The fraction of sp³-hybridized carbons (Fsp3) is 0.400. The van der Waals surface area contributed by atoms with E-state index >= 15 is 0 Å². The minimum absolute atomic E-state index is 0.00347. The monoisotopic (exact) mass is 374 g/mol. The number of hydrogen-bond donors (Lipinski definition) is 1. The molecule has 0 aromatic heterocycles. The fourth-order valence-corrected chi connectivity index (χ4v) is 5.84. The largest absolute Gasteiger partial charge is 0.370 e. The first-order valence-corrected chi connectivity index (χ1v) is 10.5. The second-order valence-electron chi connectivity index (χ2n) is 7.36. The Hall–Kier alpha value is -1.92. The van der Waals surface area contributed by atoms with Crippen LogP contribution in [0.5, 0.6) is 0 Å². The van der Waals surface area contributed by atoms with E-state index in [-0.39, 0.29) is 9.79 Å². The molecule has 0 bridgehead atoms. The van der Waals surface area contributed by atoms with Crippen molar-refractivity contribution in [3.8, 4) is 0 Å². The molecule has 2 aliphatic rings. The molecule has 26 heavy (non-hydrogen) atoms. The summed E-state index contributed by atoms with van der Waals surface area (Å²) in [6.07, 6.45) is 0.982. The van der Waals surface area contributed by atoms with Crippen molar-refractivity contribution >= 4 is 15.5 Å². The second kappa shape index (κ2) is 6.35. The van der Waals surface area contributed by atoms with Crippen LogP contribution in [-0.4, -0.2) is 34.6 Å². The first kappa shape index (κ1) is 17.5. The Labute approximate surface area is 153 Å². The average Bonchev–Trinajstić information content (AvgIpc) is 2.76. The van der Waals surface area contributed by atoms with Crippen LogP contribution in [0.2, 0.25) is 0 Å². The molecule has 2 aromatic carbocycles. The smallest absolute Gasteiger partial charge is 0.206 e. The Morgan fingerprint density at radius 1 is 1.15 bits per heavy atom. The van der Waals surface area contributed by atoms with Crippen molar-refractivity contribution in [2.75, 3.05) is 25.0 Å². The SMILES string of the molecule is CC1CNCC[C@H]2c3cc(S(=O)(=O)c4cccc(F)c4)ccc3N(C)[C@@H]12. The summed E-state index contributed by atoms with van der Waals surface area (Å²) in [5, 5.41) is 3.47. The maximum Gasteiger partial charge on any atom is 0.206 e. The normalized spacial score (nSPS) is 25.5. The maximum absolute atomic E-state index is 13.5. The molecular weight excluding hydrogens is 351 g/mol. The first-order chi connectivity index (χ1) is 12.4. The fourth-order valence-electron chi connectivity index (χ4n) is 4.52. The third-order valence-corrected chi connectivity index (χ3v) is 7.49. The number of nitrogens with one attached hydrogen (secondary N) is 1. The summed E-state index contributed by atoms with van der Waals surface area (Å²) in [6, 6.07) is 10.9. The van der Waals surface area contributed by atoms with Crippen molar-refractivity contribution in [3.05, 3.63) is 53.8 Å². The molecule has 0 saturated carbocycles.